The first-order valence-electron chi connectivity index (χ1n) is 13.2. The molecule has 1 saturated carbocycles. The molecule has 4 aliphatic rings. The van der Waals surface area contributed by atoms with E-state index in [1.807, 2.05) is 6.07 Å². The number of nitrogens with two attached hydrogens (primary N) is 1. The minimum Gasteiger partial charge on any atom is -0.508 e. The Hall–Kier alpha value is -3.47. The fourth-order valence-electron chi connectivity index (χ4n) is 6.94. The Morgan fingerprint density at radius 1 is 1.18 bits per heavy atom. The molecule has 0 unspecified atom stereocenters. The van der Waals surface area contributed by atoms with E-state index >= 15 is 0 Å². The first-order valence-corrected chi connectivity index (χ1v) is 13.2. The first kappa shape index (κ1) is 27.1. The van der Waals surface area contributed by atoms with Crippen LogP contribution in [0.15, 0.2) is 35.1 Å². The van der Waals surface area contributed by atoms with Crippen molar-refractivity contribution in [2.75, 3.05) is 27.2 Å². The van der Waals surface area contributed by atoms with Gasteiger partial charge in [-0.1, -0.05) is 12.1 Å². The number of carbonyl (C=O) groups is 3. The van der Waals surface area contributed by atoms with E-state index in [1.54, 1.807) is 14.1 Å². The molecule has 1 aliphatic heterocycles. The van der Waals surface area contributed by atoms with Crippen molar-refractivity contribution in [2.24, 2.45) is 17.6 Å². The number of aromatic hydroxyl groups is 1. The number of phenols is 1. The molecule has 1 fully saturated rings. The van der Waals surface area contributed by atoms with Gasteiger partial charge in [0.05, 0.1) is 11.6 Å². The van der Waals surface area contributed by atoms with Crippen LogP contribution in [0.1, 0.15) is 43.4 Å². The molecule has 0 radical (unpaired) electrons. The monoisotopic (exact) mass is 537 g/mol. The van der Waals surface area contributed by atoms with Gasteiger partial charge >= 0.3 is 0 Å². The third-order valence-corrected chi connectivity index (χ3v) is 8.92. The highest BCUT2D eigenvalue weighted by Gasteiger charge is 2.64. The number of aliphatic hydroxyl groups is 3. The number of fused-ring (bicyclic) bond motifs is 3. The minimum atomic E-state index is -2.63. The zero-order valence-electron chi connectivity index (χ0n) is 22.6. The van der Waals surface area contributed by atoms with Crippen molar-refractivity contribution >= 4 is 28.8 Å². The summed E-state index contributed by atoms with van der Waals surface area (Å²) in [7, 11) is 3.17. The molecule has 3 aliphatic carbocycles. The lowest BCUT2D eigenvalue weighted by atomic mass is 9.57. The Kier molecular flexibility index (Phi) is 6.48. The van der Waals surface area contributed by atoms with Crippen molar-refractivity contribution in [3.05, 3.63) is 51.8 Å². The lowest BCUT2D eigenvalue weighted by Crippen LogP contribution is -2.65. The number of hydrogen-bond acceptors (Lipinski definition) is 9. The lowest BCUT2D eigenvalue weighted by molar-refractivity contribution is -0.153. The summed E-state index contributed by atoms with van der Waals surface area (Å²) in [4.78, 5) is 43.1. The standard InChI is InChI=1S/C29H35N3O7/c1-13(2)32-9-7-14(8-10-32)16-5-6-19(33)21-17(16)11-15-12-18-23(31(3)4)25(35)22(28(30)38)27(37)29(18,39)26(36)20(15)24(21)34/h5-7,13,15,18,23,33-34,37,39H,8-12H2,1-4H3,(H2,30,38)/t15-,18-,23+,29-/m0/s1. The number of phenolic OH excluding ortho intramolecular Hbond substituents is 1. The van der Waals surface area contributed by atoms with E-state index in [2.05, 4.69) is 24.8 Å². The maximum atomic E-state index is 13.9. The predicted molar refractivity (Wildman–Crippen MR) is 144 cm³/mol. The van der Waals surface area contributed by atoms with E-state index in [0.29, 0.717) is 11.6 Å². The van der Waals surface area contributed by atoms with Crippen LogP contribution in [0.3, 0.4) is 0 Å². The smallest absolute Gasteiger partial charge is 0.255 e. The number of primary amides is 1. The van der Waals surface area contributed by atoms with Gasteiger partial charge in [-0.25, -0.2) is 0 Å². The average molecular weight is 538 g/mol. The van der Waals surface area contributed by atoms with Crippen LogP contribution in [0.5, 0.6) is 5.75 Å². The molecule has 0 aromatic heterocycles. The third kappa shape index (κ3) is 3.84. The second-order valence-corrected chi connectivity index (χ2v) is 11.5. The summed E-state index contributed by atoms with van der Waals surface area (Å²) in [5.74, 6) is -6.46. The molecule has 39 heavy (non-hydrogen) atoms. The number of nitrogens with zero attached hydrogens (tertiary/aromatic N) is 2. The molecule has 208 valence electrons. The Labute approximate surface area is 226 Å². The van der Waals surface area contributed by atoms with Crippen LogP contribution in [0.4, 0.5) is 0 Å². The largest absolute Gasteiger partial charge is 0.508 e. The number of benzene rings is 1. The number of rotatable bonds is 4. The molecule has 10 nitrogen and oxygen atoms in total. The van der Waals surface area contributed by atoms with Crippen LogP contribution in [0.25, 0.3) is 11.3 Å². The Bertz CT molecular complexity index is 1390. The summed E-state index contributed by atoms with van der Waals surface area (Å²) in [6, 6.07) is 2.61. The van der Waals surface area contributed by atoms with Gasteiger partial charge in [-0.3, -0.25) is 24.2 Å². The molecule has 1 heterocycles. The molecule has 0 saturated heterocycles. The van der Waals surface area contributed by atoms with Crippen LogP contribution in [0, 0.1) is 11.8 Å². The maximum absolute atomic E-state index is 13.9. The number of aliphatic hydroxyl groups excluding tert-OH is 2. The lowest BCUT2D eigenvalue weighted by Gasteiger charge is -2.50. The number of carbonyl (C=O) groups excluding carboxylic acids is 3. The van der Waals surface area contributed by atoms with E-state index in [1.165, 1.54) is 11.0 Å². The fourth-order valence-corrected chi connectivity index (χ4v) is 6.94. The maximum Gasteiger partial charge on any atom is 0.255 e. The highest BCUT2D eigenvalue weighted by molar-refractivity contribution is 6.24. The predicted octanol–water partition coefficient (Wildman–Crippen LogP) is 1.46. The number of hydrogen-bond donors (Lipinski definition) is 5. The normalized spacial score (nSPS) is 29.4. The van der Waals surface area contributed by atoms with Gasteiger partial charge in [0.15, 0.2) is 11.4 Å². The summed E-state index contributed by atoms with van der Waals surface area (Å²) in [6.07, 6.45) is 3.28. The molecule has 1 aromatic rings. The minimum absolute atomic E-state index is 0.0705. The SMILES string of the molecule is CC(C)N1CC=C(c2ccc(O)c3c2C[C@H]2C[C@H]4[C@@H](N(C)C)C(=O)C(C(N)=O)=C(O)[C@@]4(O)C(=O)C2=C3O)CC1. The average Bonchev–Trinajstić information content (AvgIpc) is 2.86. The molecule has 10 heteroatoms. The third-order valence-electron chi connectivity index (χ3n) is 8.92. The highest BCUT2D eigenvalue weighted by atomic mass is 16.3. The van der Waals surface area contributed by atoms with Gasteiger partial charge in [0.2, 0.25) is 5.78 Å². The molecule has 1 amide bonds. The quantitative estimate of drug-likeness (QED) is 0.358. The van der Waals surface area contributed by atoms with Gasteiger partial charge < -0.3 is 26.2 Å². The molecule has 1 aromatic carbocycles. The summed E-state index contributed by atoms with van der Waals surface area (Å²) in [5, 5.41) is 44.9. The Morgan fingerprint density at radius 2 is 1.87 bits per heavy atom. The van der Waals surface area contributed by atoms with Crippen LogP contribution >= 0.6 is 0 Å². The molecule has 4 atom stereocenters. The van der Waals surface area contributed by atoms with E-state index in [4.69, 9.17) is 5.73 Å². The number of Topliss-reactive ketones (excluding diaryl/α,β-unsaturated/α-hetero) is 2. The molecule has 0 bridgehead atoms. The van der Waals surface area contributed by atoms with Crippen molar-refractivity contribution in [3.63, 3.8) is 0 Å². The molecular weight excluding hydrogens is 502 g/mol. The second-order valence-electron chi connectivity index (χ2n) is 11.5. The van der Waals surface area contributed by atoms with E-state index in [0.717, 1.165) is 30.6 Å². The second kappa shape index (κ2) is 9.32. The van der Waals surface area contributed by atoms with Gasteiger partial charge in [0.25, 0.3) is 5.91 Å². The van der Waals surface area contributed by atoms with Crippen LogP contribution in [0.2, 0.25) is 0 Å². The fraction of sp³-hybridized carbons (Fsp3) is 0.483. The number of amides is 1. The van der Waals surface area contributed by atoms with Gasteiger partial charge in [0.1, 0.15) is 22.8 Å². The van der Waals surface area contributed by atoms with E-state index in [-0.39, 0.29) is 29.7 Å². The summed E-state index contributed by atoms with van der Waals surface area (Å²) in [6.45, 7) is 5.92. The topological polar surface area (TPSA) is 165 Å². The van der Waals surface area contributed by atoms with Crippen molar-refractivity contribution in [1.29, 1.82) is 0 Å². The van der Waals surface area contributed by atoms with Gasteiger partial charge in [-0.2, -0.15) is 0 Å². The summed E-state index contributed by atoms with van der Waals surface area (Å²) >= 11 is 0. The van der Waals surface area contributed by atoms with Crippen LogP contribution < -0.4 is 5.73 Å². The summed E-state index contributed by atoms with van der Waals surface area (Å²) in [5.41, 5.74) is 4.57. The van der Waals surface area contributed by atoms with Gasteiger partial charge in [-0.05, 0) is 75.9 Å². The molecule has 5 rings (SSSR count). The van der Waals surface area contributed by atoms with E-state index < -0.39 is 58.0 Å². The Morgan fingerprint density at radius 3 is 2.44 bits per heavy atom. The van der Waals surface area contributed by atoms with Gasteiger partial charge in [-0.15, -0.1) is 0 Å². The van der Waals surface area contributed by atoms with Gasteiger partial charge in [0, 0.05) is 30.6 Å². The molecular formula is C29H35N3O7. The zero-order chi connectivity index (χ0) is 28.5. The van der Waals surface area contributed by atoms with Crippen LogP contribution in [-0.2, 0) is 20.8 Å². The van der Waals surface area contributed by atoms with Crippen LogP contribution in [-0.4, -0.2) is 92.6 Å². The van der Waals surface area contributed by atoms with Crippen molar-refractivity contribution < 1.29 is 34.8 Å². The van der Waals surface area contributed by atoms with Crippen molar-refractivity contribution in [3.8, 4) is 5.75 Å². The van der Waals surface area contributed by atoms with Crippen molar-refractivity contribution in [1.82, 2.24) is 9.80 Å². The highest BCUT2D eigenvalue weighted by Crippen LogP contribution is 2.53. The zero-order valence-corrected chi connectivity index (χ0v) is 22.6. The van der Waals surface area contributed by atoms with Crippen molar-refractivity contribution in [2.45, 2.75) is 50.8 Å². The Balaban J connectivity index is 1.67. The number of likely N-dealkylation sites (N-methyl/N-ethyl adjacent to an activating group) is 1. The molecule has 0 spiro atoms. The molecule has 6 N–H and O–H groups in total. The first-order chi connectivity index (χ1) is 18.3. The summed E-state index contributed by atoms with van der Waals surface area (Å²) < 4.78 is 0. The van der Waals surface area contributed by atoms with E-state index in [9.17, 15) is 34.8 Å². The number of ketones is 2.